The van der Waals surface area contributed by atoms with Crippen LogP contribution in [0, 0.1) is 0 Å². The predicted molar refractivity (Wildman–Crippen MR) is 76.9 cm³/mol. The van der Waals surface area contributed by atoms with Crippen LogP contribution in [-0.4, -0.2) is 0 Å². The molecule has 0 unspecified atom stereocenters. The Hall–Kier alpha value is -1.80. The molecule has 1 heterocycles. The van der Waals surface area contributed by atoms with Crippen molar-refractivity contribution in [1.82, 2.24) is 0 Å². The molecule has 0 saturated heterocycles. The molecule has 18 heavy (non-hydrogen) atoms. The van der Waals surface area contributed by atoms with E-state index < -0.39 is 0 Å². The van der Waals surface area contributed by atoms with Crippen molar-refractivity contribution in [2.45, 2.75) is 11.4 Å². The lowest BCUT2D eigenvalue weighted by Gasteiger charge is -2.03. The molecule has 0 atom stereocenters. The van der Waals surface area contributed by atoms with Crippen LogP contribution in [-0.2, 0) is 6.54 Å². The van der Waals surface area contributed by atoms with Crippen molar-refractivity contribution >= 4 is 23.5 Å². The molecular weight excluding hydrogens is 238 g/mol. The number of rotatable bonds is 2. The molecule has 0 N–H and O–H groups in total. The second kappa shape index (κ2) is 4.83. The van der Waals surface area contributed by atoms with E-state index in [-0.39, 0.29) is 0 Å². The van der Waals surface area contributed by atoms with E-state index in [1.54, 1.807) is 0 Å². The summed E-state index contributed by atoms with van der Waals surface area (Å²) in [6.45, 7) is 0.884. The van der Waals surface area contributed by atoms with Gasteiger partial charge in [-0.3, -0.25) is 0 Å². The molecular formula is C16H14NS+. The van der Waals surface area contributed by atoms with Crippen molar-refractivity contribution < 1.29 is 4.57 Å². The minimum Gasteiger partial charge on any atom is -0.194 e. The Kier molecular flexibility index (Phi) is 3.03. The maximum atomic E-state index is 4.51. The van der Waals surface area contributed by atoms with Crippen molar-refractivity contribution in [3.05, 3.63) is 72.4 Å². The van der Waals surface area contributed by atoms with Crippen LogP contribution in [0.25, 0.3) is 10.9 Å². The molecule has 88 valence electrons. The zero-order valence-electron chi connectivity index (χ0n) is 9.95. The number of fused-ring (bicyclic) bond motifs is 1. The van der Waals surface area contributed by atoms with Gasteiger partial charge in [-0.2, -0.15) is 4.57 Å². The third kappa shape index (κ3) is 2.12. The zero-order chi connectivity index (χ0) is 12.4. The number of hydrogen-bond donors (Lipinski definition) is 1. The first kappa shape index (κ1) is 11.3. The molecule has 3 rings (SSSR count). The van der Waals surface area contributed by atoms with Gasteiger partial charge in [0.05, 0.1) is 5.39 Å². The van der Waals surface area contributed by atoms with E-state index in [0.717, 1.165) is 11.4 Å². The molecule has 0 spiro atoms. The normalized spacial score (nSPS) is 10.7. The monoisotopic (exact) mass is 252 g/mol. The highest BCUT2D eigenvalue weighted by Gasteiger charge is 2.10. The number of benzene rings is 2. The van der Waals surface area contributed by atoms with Gasteiger partial charge in [-0.15, -0.1) is 12.6 Å². The third-order valence-corrected chi connectivity index (χ3v) is 3.49. The van der Waals surface area contributed by atoms with Crippen LogP contribution in [0.3, 0.4) is 0 Å². The van der Waals surface area contributed by atoms with Gasteiger partial charge in [-0.05, 0) is 6.07 Å². The Morgan fingerprint density at radius 1 is 0.833 bits per heavy atom. The van der Waals surface area contributed by atoms with E-state index in [9.17, 15) is 0 Å². The van der Waals surface area contributed by atoms with Crippen LogP contribution in [0.5, 0.6) is 0 Å². The summed E-state index contributed by atoms with van der Waals surface area (Å²) in [4.78, 5) is 1.02. The number of hydrogen-bond acceptors (Lipinski definition) is 1. The summed E-state index contributed by atoms with van der Waals surface area (Å²) in [5.74, 6) is 0. The first-order valence-corrected chi connectivity index (χ1v) is 6.43. The number of nitrogens with zero attached hydrogens (tertiary/aromatic N) is 1. The Morgan fingerprint density at radius 2 is 1.56 bits per heavy atom. The smallest absolute Gasteiger partial charge is 0.194 e. The quantitative estimate of drug-likeness (QED) is 0.526. The second-order valence-corrected chi connectivity index (χ2v) is 4.81. The van der Waals surface area contributed by atoms with E-state index in [4.69, 9.17) is 0 Å². The lowest BCUT2D eigenvalue weighted by Crippen LogP contribution is -2.34. The molecule has 0 saturated carbocycles. The summed E-state index contributed by atoms with van der Waals surface area (Å²) in [7, 11) is 0. The van der Waals surface area contributed by atoms with E-state index in [1.165, 1.54) is 16.5 Å². The van der Waals surface area contributed by atoms with Gasteiger partial charge >= 0.3 is 0 Å². The highest BCUT2D eigenvalue weighted by molar-refractivity contribution is 7.80. The highest BCUT2D eigenvalue weighted by atomic mass is 32.1. The van der Waals surface area contributed by atoms with E-state index in [1.807, 2.05) is 12.1 Å². The van der Waals surface area contributed by atoms with Crippen LogP contribution in [0.15, 0.2) is 71.8 Å². The number of thiol groups is 1. The zero-order valence-corrected chi connectivity index (χ0v) is 10.8. The molecule has 0 aliphatic rings. The fourth-order valence-electron chi connectivity index (χ4n) is 2.19. The number of para-hydroxylation sites is 1. The van der Waals surface area contributed by atoms with Gasteiger partial charge < -0.3 is 0 Å². The Bertz CT molecular complexity index is 677. The van der Waals surface area contributed by atoms with Crippen LogP contribution in [0.4, 0.5) is 0 Å². The summed E-state index contributed by atoms with van der Waals surface area (Å²) in [5, 5.41) is 1.19. The van der Waals surface area contributed by atoms with E-state index in [0.29, 0.717) is 0 Å². The van der Waals surface area contributed by atoms with Crippen molar-refractivity contribution in [2.24, 2.45) is 0 Å². The first-order valence-electron chi connectivity index (χ1n) is 5.99. The molecule has 1 nitrogen and oxygen atoms in total. The fraction of sp³-hybridized carbons (Fsp3) is 0.0625. The maximum Gasteiger partial charge on any atom is 0.213 e. The van der Waals surface area contributed by atoms with Gasteiger partial charge in [0, 0.05) is 22.6 Å². The minimum absolute atomic E-state index is 0.884. The average Bonchev–Trinajstić information content (AvgIpc) is 2.44. The molecule has 0 fully saturated rings. The highest BCUT2D eigenvalue weighted by Crippen LogP contribution is 2.18. The number of aromatic nitrogens is 1. The van der Waals surface area contributed by atoms with Gasteiger partial charge in [0.1, 0.15) is 0 Å². The van der Waals surface area contributed by atoms with Crippen molar-refractivity contribution in [1.29, 1.82) is 0 Å². The fourth-order valence-corrected chi connectivity index (χ4v) is 2.45. The van der Waals surface area contributed by atoms with Crippen LogP contribution in [0.2, 0.25) is 0 Å². The van der Waals surface area contributed by atoms with Crippen molar-refractivity contribution in [2.75, 3.05) is 0 Å². The first-order chi connectivity index (χ1) is 8.84. The summed E-state index contributed by atoms with van der Waals surface area (Å²) in [6, 6.07) is 20.9. The predicted octanol–water partition coefficient (Wildman–Crippen LogP) is 3.46. The van der Waals surface area contributed by atoms with Gasteiger partial charge in [0.15, 0.2) is 12.7 Å². The summed E-state index contributed by atoms with van der Waals surface area (Å²) >= 11 is 4.51. The molecule has 3 aromatic rings. The molecule has 2 aromatic carbocycles. The van der Waals surface area contributed by atoms with E-state index >= 15 is 0 Å². The minimum atomic E-state index is 0.884. The lowest BCUT2D eigenvalue weighted by molar-refractivity contribution is -0.662. The lowest BCUT2D eigenvalue weighted by atomic mass is 10.2. The van der Waals surface area contributed by atoms with Crippen LogP contribution >= 0.6 is 12.6 Å². The van der Waals surface area contributed by atoms with Gasteiger partial charge in [-0.1, -0.05) is 42.5 Å². The van der Waals surface area contributed by atoms with E-state index in [2.05, 4.69) is 71.9 Å². The van der Waals surface area contributed by atoms with Crippen LogP contribution < -0.4 is 4.57 Å². The van der Waals surface area contributed by atoms with Gasteiger partial charge in [0.25, 0.3) is 0 Å². The summed E-state index contributed by atoms with van der Waals surface area (Å²) < 4.78 is 2.25. The van der Waals surface area contributed by atoms with Crippen molar-refractivity contribution in [3.8, 4) is 0 Å². The second-order valence-electron chi connectivity index (χ2n) is 4.33. The standard InChI is InChI=1S/C16H13NS/c18-16-10-11-17(12-13-6-2-1-3-7-13)15-9-5-4-8-14(15)16/h1-11H,12H2/p+1. The Labute approximate surface area is 112 Å². The topological polar surface area (TPSA) is 3.88 Å². The SMILES string of the molecule is Sc1cc[n+](Cc2ccccc2)c2ccccc12. The van der Waals surface area contributed by atoms with Crippen molar-refractivity contribution in [3.63, 3.8) is 0 Å². The summed E-state index contributed by atoms with van der Waals surface area (Å²) in [6.07, 6.45) is 2.09. The molecule has 0 bridgehead atoms. The maximum absolute atomic E-state index is 4.51. The summed E-state index contributed by atoms with van der Waals surface area (Å²) in [5.41, 5.74) is 2.52. The molecule has 0 amide bonds. The average molecular weight is 252 g/mol. The Balaban J connectivity index is 2.10. The largest absolute Gasteiger partial charge is 0.213 e. The Morgan fingerprint density at radius 3 is 2.39 bits per heavy atom. The molecule has 0 aliphatic heterocycles. The van der Waals surface area contributed by atoms with Crippen LogP contribution in [0.1, 0.15) is 5.56 Å². The number of pyridine rings is 1. The molecule has 1 aromatic heterocycles. The van der Waals surface area contributed by atoms with Gasteiger partial charge in [0.2, 0.25) is 5.52 Å². The molecule has 0 aliphatic carbocycles. The third-order valence-electron chi connectivity index (χ3n) is 3.10. The molecule has 0 radical (unpaired) electrons. The molecule has 2 heteroatoms. The van der Waals surface area contributed by atoms with Gasteiger partial charge in [-0.25, -0.2) is 0 Å².